The molecule has 1 fully saturated rings. The fourth-order valence-corrected chi connectivity index (χ4v) is 3.10. The predicted molar refractivity (Wildman–Crippen MR) is 94.8 cm³/mol. The van der Waals surface area contributed by atoms with Crippen LogP contribution in [0.5, 0.6) is 5.75 Å². The monoisotopic (exact) mass is 354 g/mol. The summed E-state index contributed by atoms with van der Waals surface area (Å²) in [4.78, 5) is 25.7. The Balaban J connectivity index is 1.59. The maximum absolute atomic E-state index is 11.0. The van der Waals surface area contributed by atoms with E-state index in [-0.39, 0.29) is 6.04 Å². The van der Waals surface area contributed by atoms with Gasteiger partial charge in [-0.25, -0.2) is 14.8 Å². The number of fused-ring (bicyclic) bond motifs is 1. The summed E-state index contributed by atoms with van der Waals surface area (Å²) in [5, 5.41) is 12.3. The summed E-state index contributed by atoms with van der Waals surface area (Å²) >= 11 is 0. The molecule has 4 rings (SSSR count). The average molecular weight is 354 g/mol. The Bertz CT molecular complexity index is 957. The van der Waals surface area contributed by atoms with Crippen molar-refractivity contribution in [2.24, 2.45) is 0 Å². The molecule has 1 aliphatic heterocycles. The second-order valence-corrected chi connectivity index (χ2v) is 6.09. The zero-order valence-corrected chi connectivity index (χ0v) is 14.2. The van der Waals surface area contributed by atoms with Crippen molar-refractivity contribution in [1.82, 2.24) is 24.4 Å². The van der Waals surface area contributed by atoms with E-state index in [4.69, 9.17) is 9.84 Å². The van der Waals surface area contributed by atoms with Gasteiger partial charge in [-0.3, -0.25) is 9.55 Å². The maximum atomic E-state index is 11.0. The average Bonchev–Trinajstić information content (AvgIpc) is 3.28. The van der Waals surface area contributed by atoms with Gasteiger partial charge in [0.05, 0.1) is 30.5 Å². The van der Waals surface area contributed by atoms with E-state index in [1.807, 2.05) is 22.8 Å². The first-order valence-electron chi connectivity index (χ1n) is 8.22. The van der Waals surface area contributed by atoms with Crippen molar-refractivity contribution in [3.63, 3.8) is 0 Å². The van der Waals surface area contributed by atoms with Crippen molar-refractivity contribution < 1.29 is 14.6 Å². The van der Waals surface area contributed by atoms with Crippen LogP contribution in [-0.2, 0) is 0 Å². The van der Waals surface area contributed by atoms with Gasteiger partial charge < -0.3 is 20.1 Å². The minimum atomic E-state index is -0.895. The number of hydrogen-bond acceptors (Lipinski definition) is 6. The lowest BCUT2D eigenvalue weighted by Crippen LogP contribution is -2.30. The van der Waals surface area contributed by atoms with Crippen LogP contribution in [0.1, 0.15) is 6.42 Å². The van der Waals surface area contributed by atoms with Crippen LogP contribution in [0.25, 0.3) is 16.9 Å². The van der Waals surface area contributed by atoms with Crippen LogP contribution < -0.4 is 10.1 Å². The van der Waals surface area contributed by atoms with Crippen LogP contribution in [0.15, 0.2) is 36.9 Å². The topological polar surface area (TPSA) is 105 Å². The number of ether oxygens (including phenoxy) is 1. The van der Waals surface area contributed by atoms with E-state index in [1.54, 1.807) is 25.8 Å². The van der Waals surface area contributed by atoms with Gasteiger partial charge in [0, 0.05) is 25.2 Å². The summed E-state index contributed by atoms with van der Waals surface area (Å²) in [6, 6.07) is 5.66. The highest BCUT2D eigenvalue weighted by molar-refractivity contribution is 5.78. The van der Waals surface area contributed by atoms with Crippen molar-refractivity contribution in [2.75, 3.05) is 25.5 Å². The Hall–Kier alpha value is -3.36. The Morgan fingerprint density at radius 2 is 2.27 bits per heavy atom. The second kappa shape index (κ2) is 6.51. The summed E-state index contributed by atoms with van der Waals surface area (Å²) in [5.74, 6) is 1.96. The van der Waals surface area contributed by atoms with Crippen molar-refractivity contribution in [1.29, 1.82) is 0 Å². The summed E-state index contributed by atoms with van der Waals surface area (Å²) in [6.45, 7) is 0.957. The zero-order valence-electron chi connectivity index (χ0n) is 14.2. The molecule has 1 amide bonds. The first kappa shape index (κ1) is 16.1. The minimum absolute atomic E-state index is 0.0234. The highest BCUT2D eigenvalue weighted by Gasteiger charge is 2.26. The standard InChI is InChI=1S/C17H18N6O3/c1-26-12-2-3-13-14(6-12)23(10-19-13)16-8-18-7-15(21-16)20-11-4-5-22(9-11)17(24)25/h2-3,6-8,10-11H,4-5,9H2,1H3,(H,20,21)(H,24,25)/t11-/m1/s1. The van der Waals surface area contributed by atoms with Crippen molar-refractivity contribution in [3.8, 4) is 11.6 Å². The first-order valence-corrected chi connectivity index (χ1v) is 8.22. The minimum Gasteiger partial charge on any atom is -0.497 e. The number of aromatic nitrogens is 4. The van der Waals surface area contributed by atoms with Crippen LogP contribution in [0.4, 0.5) is 10.6 Å². The zero-order chi connectivity index (χ0) is 18.1. The molecule has 1 atom stereocenters. The van der Waals surface area contributed by atoms with E-state index in [0.29, 0.717) is 24.7 Å². The number of carboxylic acid groups (broad SMARTS) is 1. The summed E-state index contributed by atoms with van der Waals surface area (Å²) in [7, 11) is 1.62. The molecule has 26 heavy (non-hydrogen) atoms. The Morgan fingerprint density at radius 1 is 1.38 bits per heavy atom. The molecule has 0 aliphatic carbocycles. The number of imidazole rings is 1. The molecule has 1 aromatic carbocycles. The van der Waals surface area contributed by atoms with Crippen LogP contribution in [0, 0.1) is 0 Å². The lowest BCUT2D eigenvalue weighted by molar-refractivity contribution is 0.155. The number of anilines is 1. The SMILES string of the molecule is COc1ccc2ncn(-c3cncc(N[C@@H]4CCN(C(=O)O)C4)n3)c2c1. The molecule has 9 nitrogen and oxygen atoms in total. The van der Waals surface area contributed by atoms with Gasteiger partial charge in [0.1, 0.15) is 17.9 Å². The summed E-state index contributed by atoms with van der Waals surface area (Å²) < 4.78 is 7.12. The number of likely N-dealkylation sites (tertiary alicyclic amines) is 1. The van der Waals surface area contributed by atoms with Crippen LogP contribution in [0.2, 0.25) is 0 Å². The highest BCUT2D eigenvalue weighted by Crippen LogP contribution is 2.22. The third-order valence-corrected chi connectivity index (χ3v) is 4.43. The molecule has 134 valence electrons. The molecule has 0 unspecified atom stereocenters. The Labute approximate surface area is 149 Å². The number of rotatable bonds is 4. The van der Waals surface area contributed by atoms with E-state index < -0.39 is 6.09 Å². The molecule has 3 aromatic rings. The third-order valence-electron chi connectivity index (χ3n) is 4.43. The van der Waals surface area contributed by atoms with E-state index >= 15 is 0 Å². The Morgan fingerprint density at radius 3 is 3.04 bits per heavy atom. The smallest absolute Gasteiger partial charge is 0.407 e. The predicted octanol–water partition coefficient (Wildman–Crippen LogP) is 1.99. The number of nitrogens with zero attached hydrogens (tertiary/aromatic N) is 5. The molecule has 1 saturated heterocycles. The molecule has 0 radical (unpaired) electrons. The molecular weight excluding hydrogens is 336 g/mol. The van der Waals surface area contributed by atoms with Gasteiger partial charge in [-0.2, -0.15) is 0 Å². The summed E-state index contributed by atoms with van der Waals surface area (Å²) in [5.41, 5.74) is 1.70. The number of carbonyl (C=O) groups is 1. The van der Waals surface area contributed by atoms with Gasteiger partial charge in [-0.05, 0) is 18.6 Å². The van der Waals surface area contributed by atoms with Crippen molar-refractivity contribution >= 4 is 22.9 Å². The molecule has 0 saturated carbocycles. The van der Waals surface area contributed by atoms with Crippen LogP contribution in [-0.4, -0.2) is 61.9 Å². The van der Waals surface area contributed by atoms with E-state index in [9.17, 15) is 4.79 Å². The number of amides is 1. The van der Waals surface area contributed by atoms with Crippen LogP contribution >= 0.6 is 0 Å². The van der Waals surface area contributed by atoms with Gasteiger partial charge in [0.2, 0.25) is 0 Å². The molecule has 3 heterocycles. The van der Waals surface area contributed by atoms with Gasteiger partial charge in [-0.1, -0.05) is 0 Å². The maximum Gasteiger partial charge on any atom is 0.407 e. The summed E-state index contributed by atoms with van der Waals surface area (Å²) in [6.07, 6.45) is 4.83. The number of hydrogen-bond donors (Lipinski definition) is 2. The van der Waals surface area contributed by atoms with Crippen molar-refractivity contribution in [2.45, 2.75) is 12.5 Å². The lowest BCUT2D eigenvalue weighted by atomic mass is 10.2. The number of methoxy groups -OCH3 is 1. The molecule has 0 bridgehead atoms. The lowest BCUT2D eigenvalue weighted by Gasteiger charge is -2.14. The molecular formula is C17H18N6O3. The van der Waals surface area contributed by atoms with E-state index in [1.165, 1.54) is 4.90 Å². The van der Waals surface area contributed by atoms with Gasteiger partial charge in [0.15, 0.2) is 5.82 Å². The first-order chi connectivity index (χ1) is 12.6. The second-order valence-electron chi connectivity index (χ2n) is 6.09. The van der Waals surface area contributed by atoms with Gasteiger partial charge >= 0.3 is 6.09 Å². The highest BCUT2D eigenvalue weighted by atomic mass is 16.5. The Kier molecular flexibility index (Phi) is 4.04. The molecule has 0 spiro atoms. The van der Waals surface area contributed by atoms with Crippen molar-refractivity contribution in [3.05, 3.63) is 36.9 Å². The third kappa shape index (κ3) is 2.99. The largest absolute Gasteiger partial charge is 0.497 e. The molecule has 1 aliphatic rings. The van der Waals surface area contributed by atoms with Gasteiger partial charge in [-0.15, -0.1) is 0 Å². The quantitative estimate of drug-likeness (QED) is 0.738. The van der Waals surface area contributed by atoms with Gasteiger partial charge in [0.25, 0.3) is 0 Å². The number of nitrogens with one attached hydrogen (secondary N) is 1. The number of benzene rings is 1. The fourth-order valence-electron chi connectivity index (χ4n) is 3.10. The van der Waals surface area contributed by atoms with Crippen LogP contribution in [0.3, 0.4) is 0 Å². The van der Waals surface area contributed by atoms with E-state index in [2.05, 4.69) is 20.3 Å². The molecule has 9 heteroatoms. The molecule has 2 N–H and O–H groups in total. The normalized spacial score (nSPS) is 16.8. The molecule has 2 aromatic heterocycles. The fraction of sp³-hybridized carbons (Fsp3) is 0.294. The van der Waals surface area contributed by atoms with E-state index in [0.717, 1.165) is 23.2 Å².